The van der Waals surface area contributed by atoms with Crippen LogP contribution in [0.25, 0.3) is 0 Å². The topological polar surface area (TPSA) is 12.0 Å². The van der Waals surface area contributed by atoms with E-state index >= 15 is 0 Å². The van der Waals surface area contributed by atoms with Crippen molar-refractivity contribution in [2.45, 2.75) is 6.42 Å². The van der Waals surface area contributed by atoms with E-state index in [-0.39, 0.29) is 5.82 Å². The highest BCUT2D eigenvalue weighted by Gasteiger charge is 2.01. The summed E-state index contributed by atoms with van der Waals surface area (Å²) in [6, 6.07) is 9.16. The van der Waals surface area contributed by atoms with Crippen LogP contribution in [0.1, 0.15) is 4.88 Å². The van der Waals surface area contributed by atoms with Gasteiger partial charge in [0.2, 0.25) is 0 Å². The second kappa shape index (κ2) is 5.46. The summed E-state index contributed by atoms with van der Waals surface area (Å²) in [6.07, 6.45) is 0.924. The molecule has 0 saturated carbocycles. The van der Waals surface area contributed by atoms with E-state index in [9.17, 15) is 4.39 Å². The van der Waals surface area contributed by atoms with Crippen molar-refractivity contribution in [1.82, 2.24) is 0 Å². The third kappa shape index (κ3) is 3.06. The molecular weight excluding hydrogens is 289 g/mol. The summed E-state index contributed by atoms with van der Waals surface area (Å²) in [5, 5.41) is 5.14. The minimum atomic E-state index is -0.222. The van der Waals surface area contributed by atoms with Crippen molar-refractivity contribution in [2.24, 2.45) is 0 Å². The van der Waals surface area contributed by atoms with Gasteiger partial charge in [-0.1, -0.05) is 22.0 Å². The first kappa shape index (κ1) is 11.6. The Hall–Kier alpha value is -0.870. The first-order valence-corrected chi connectivity index (χ1v) is 6.64. The molecule has 0 atom stereocenters. The van der Waals surface area contributed by atoms with Crippen molar-refractivity contribution >= 4 is 33.0 Å². The molecule has 0 unspecified atom stereocenters. The maximum Gasteiger partial charge on any atom is 0.147 e. The number of anilines is 1. The molecule has 1 nitrogen and oxygen atoms in total. The fourth-order valence-electron chi connectivity index (χ4n) is 1.41. The fourth-order valence-corrected chi connectivity index (χ4v) is 2.45. The molecule has 2 aromatic rings. The van der Waals surface area contributed by atoms with E-state index in [1.165, 1.54) is 10.9 Å². The standard InChI is InChI=1S/C12H11BrFNS/c13-9-3-4-12(11(14)8-9)15-6-5-10-2-1-7-16-10/h1-4,7-8,15H,5-6H2. The van der Waals surface area contributed by atoms with Crippen LogP contribution in [-0.4, -0.2) is 6.54 Å². The molecule has 1 heterocycles. The van der Waals surface area contributed by atoms with E-state index in [0.717, 1.165) is 17.4 Å². The average Bonchev–Trinajstić information content (AvgIpc) is 2.74. The van der Waals surface area contributed by atoms with Gasteiger partial charge in [-0.15, -0.1) is 11.3 Å². The molecular formula is C12H11BrFNS. The first-order chi connectivity index (χ1) is 7.75. The van der Waals surface area contributed by atoms with Crippen molar-refractivity contribution in [3.8, 4) is 0 Å². The van der Waals surface area contributed by atoms with E-state index in [1.807, 2.05) is 12.1 Å². The monoisotopic (exact) mass is 299 g/mol. The van der Waals surface area contributed by atoms with Crippen molar-refractivity contribution in [3.63, 3.8) is 0 Å². The van der Waals surface area contributed by atoms with E-state index in [1.54, 1.807) is 17.4 Å². The Kier molecular flexibility index (Phi) is 3.96. The first-order valence-electron chi connectivity index (χ1n) is 4.97. The van der Waals surface area contributed by atoms with E-state index in [0.29, 0.717) is 5.69 Å². The van der Waals surface area contributed by atoms with Crippen molar-refractivity contribution in [1.29, 1.82) is 0 Å². The predicted molar refractivity (Wildman–Crippen MR) is 70.6 cm³/mol. The van der Waals surface area contributed by atoms with Crippen LogP contribution in [0.2, 0.25) is 0 Å². The molecule has 0 aliphatic carbocycles. The van der Waals surface area contributed by atoms with Gasteiger partial charge in [0.25, 0.3) is 0 Å². The van der Waals surface area contributed by atoms with Crippen molar-refractivity contribution in [2.75, 3.05) is 11.9 Å². The van der Waals surface area contributed by atoms with Gasteiger partial charge in [0.05, 0.1) is 5.69 Å². The van der Waals surface area contributed by atoms with Gasteiger partial charge in [-0.3, -0.25) is 0 Å². The molecule has 1 aromatic heterocycles. The molecule has 0 spiro atoms. The molecule has 4 heteroatoms. The largest absolute Gasteiger partial charge is 0.382 e. The molecule has 0 aliphatic rings. The Morgan fingerprint density at radius 3 is 2.88 bits per heavy atom. The second-order valence-electron chi connectivity index (χ2n) is 3.38. The number of hydrogen-bond donors (Lipinski definition) is 1. The highest BCUT2D eigenvalue weighted by Crippen LogP contribution is 2.19. The van der Waals surface area contributed by atoms with E-state index < -0.39 is 0 Å². The van der Waals surface area contributed by atoms with Crippen LogP contribution in [0.3, 0.4) is 0 Å². The lowest BCUT2D eigenvalue weighted by Gasteiger charge is -2.06. The number of nitrogens with one attached hydrogen (secondary N) is 1. The summed E-state index contributed by atoms with van der Waals surface area (Å²) >= 11 is 4.95. The molecule has 16 heavy (non-hydrogen) atoms. The Morgan fingerprint density at radius 1 is 1.31 bits per heavy atom. The molecule has 2 rings (SSSR count). The Morgan fingerprint density at radius 2 is 2.19 bits per heavy atom. The smallest absolute Gasteiger partial charge is 0.147 e. The zero-order valence-electron chi connectivity index (χ0n) is 8.54. The zero-order valence-corrected chi connectivity index (χ0v) is 10.9. The second-order valence-corrected chi connectivity index (χ2v) is 5.33. The van der Waals surface area contributed by atoms with Gasteiger partial charge < -0.3 is 5.32 Å². The molecule has 1 N–H and O–H groups in total. The summed E-state index contributed by atoms with van der Waals surface area (Å²) in [5.74, 6) is -0.222. The molecule has 0 bridgehead atoms. The van der Waals surface area contributed by atoms with Crippen LogP contribution in [0.4, 0.5) is 10.1 Å². The molecule has 0 amide bonds. The number of hydrogen-bond acceptors (Lipinski definition) is 2. The molecule has 0 aliphatic heterocycles. The number of thiophene rings is 1. The maximum absolute atomic E-state index is 13.4. The van der Waals surface area contributed by atoms with Crippen LogP contribution < -0.4 is 5.32 Å². The van der Waals surface area contributed by atoms with Crippen molar-refractivity contribution < 1.29 is 4.39 Å². The van der Waals surface area contributed by atoms with Gasteiger partial charge in [-0.25, -0.2) is 4.39 Å². The van der Waals surface area contributed by atoms with Crippen LogP contribution in [0, 0.1) is 5.82 Å². The third-order valence-electron chi connectivity index (χ3n) is 2.20. The lowest BCUT2D eigenvalue weighted by Crippen LogP contribution is -2.05. The number of halogens is 2. The van der Waals surface area contributed by atoms with Gasteiger partial charge in [0, 0.05) is 15.9 Å². The van der Waals surface area contributed by atoms with Crippen LogP contribution >= 0.6 is 27.3 Å². The minimum absolute atomic E-state index is 0.222. The quantitative estimate of drug-likeness (QED) is 0.887. The molecule has 84 valence electrons. The van der Waals surface area contributed by atoms with Crippen LogP contribution in [-0.2, 0) is 6.42 Å². The summed E-state index contributed by atoms with van der Waals surface area (Å²) in [7, 11) is 0. The molecule has 0 radical (unpaired) electrons. The van der Waals surface area contributed by atoms with Gasteiger partial charge in [0.1, 0.15) is 5.82 Å². The molecule has 0 saturated heterocycles. The minimum Gasteiger partial charge on any atom is -0.382 e. The summed E-state index contributed by atoms with van der Waals surface area (Å²) < 4.78 is 14.2. The third-order valence-corrected chi connectivity index (χ3v) is 3.63. The summed E-state index contributed by atoms with van der Waals surface area (Å²) in [6.45, 7) is 0.749. The highest BCUT2D eigenvalue weighted by atomic mass is 79.9. The van der Waals surface area contributed by atoms with Gasteiger partial charge in [-0.05, 0) is 36.1 Å². The summed E-state index contributed by atoms with van der Waals surface area (Å²) in [5.41, 5.74) is 0.555. The van der Waals surface area contributed by atoms with Gasteiger partial charge in [0.15, 0.2) is 0 Å². The van der Waals surface area contributed by atoms with Gasteiger partial charge >= 0.3 is 0 Å². The molecule has 0 fully saturated rings. The van der Waals surface area contributed by atoms with Crippen LogP contribution in [0.15, 0.2) is 40.2 Å². The lowest BCUT2D eigenvalue weighted by atomic mass is 10.3. The highest BCUT2D eigenvalue weighted by molar-refractivity contribution is 9.10. The van der Waals surface area contributed by atoms with E-state index in [4.69, 9.17) is 0 Å². The Balaban J connectivity index is 1.90. The van der Waals surface area contributed by atoms with Gasteiger partial charge in [-0.2, -0.15) is 0 Å². The Bertz CT molecular complexity index is 456. The number of benzene rings is 1. The lowest BCUT2D eigenvalue weighted by molar-refractivity contribution is 0.629. The fraction of sp³-hybridized carbons (Fsp3) is 0.167. The molecule has 1 aromatic carbocycles. The SMILES string of the molecule is Fc1cc(Br)ccc1NCCc1cccs1. The summed E-state index contributed by atoms with van der Waals surface area (Å²) in [4.78, 5) is 1.31. The predicted octanol–water partition coefficient (Wildman–Crippen LogP) is 4.30. The zero-order chi connectivity index (χ0) is 11.4. The van der Waals surface area contributed by atoms with Crippen LogP contribution in [0.5, 0.6) is 0 Å². The maximum atomic E-state index is 13.4. The normalized spacial score (nSPS) is 10.4. The van der Waals surface area contributed by atoms with E-state index in [2.05, 4.69) is 32.7 Å². The number of rotatable bonds is 4. The average molecular weight is 300 g/mol. The van der Waals surface area contributed by atoms with Crippen molar-refractivity contribution in [3.05, 3.63) is 50.9 Å². The Labute approximate surface area is 106 Å².